The lowest BCUT2D eigenvalue weighted by molar-refractivity contribution is 0.0264. The second-order valence-corrected chi connectivity index (χ2v) is 6.35. The summed E-state index contributed by atoms with van der Waals surface area (Å²) in [5.41, 5.74) is 1.07. The first-order chi connectivity index (χ1) is 10.7. The molecule has 22 heavy (non-hydrogen) atoms. The minimum atomic E-state index is -0.462. The van der Waals surface area contributed by atoms with E-state index in [2.05, 4.69) is 17.1 Å². The molecule has 1 aliphatic rings. The van der Waals surface area contributed by atoms with Crippen molar-refractivity contribution in [2.75, 3.05) is 32.8 Å². The molecule has 1 aromatic carbocycles. The average Bonchev–Trinajstić information content (AvgIpc) is 2.55. The molecule has 1 aromatic rings. The zero-order valence-electron chi connectivity index (χ0n) is 13.3. The van der Waals surface area contributed by atoms with Crippen LogP contribution in [0.15, 0.2) is 24.3 Å². The minimum absolute atomic E-state index is 0.351. The highest BCUT2D eigenvalue weighted by atomic mass is 35.5. The maximum atomic E-state index is 9.98. The van der Waals surface area contributed by atoms with Crippen LogP contribution in [0, 0.1) is 0 Å². The maximum Gasteiger partial charge on any atom is 0.0897 e. The van der Waals surface area contributed by atoms with Gasteiger partial charge in [0.1, 0.15) is 0 Å². The summed E-state index contributed by atoms with van der Waals surface area (Å²) in [4.78, 5) is 2.46. The van der Waals surface area contributed by atoms with Gasteiger partial charge in [-0.2, -0.15) is 0 Å². The number of aliphatic hydroxyl groups is 1. The Balaban J connectivity index is 1.56. The van der Waals surface area contributed by atoms with Gasteiger partial charge in [0, 0.05) is 17.6 Å². The summed E-state index contributed by atoms with van der Waals surface area (Å²) < 4.78 is 5.55. The molecule has 1 unspecified atom stereocenters. The van der Waals surface area contributed by atoms with E-state index in [9.17, 15) is 5.11 Å². The second-order valence-electron chi connectivity index (χ2n) is 5.91. The summed E-state index contributed by atoms with van der Waals surface area (Å²) in [6, 6.07) is 8.10. The van der Waals surface area contributed by atoms with Crippen LogP contribution < -0.4 is 5.32 Å². The highest BCUT2D eigenvalue weighted by Crippen LogP contribution is 2.11. The van der Waals surface area contributed by atoms with Crippen molar-refractivity contribution < 1.29 is 9.84 Å². The van der Waals surface area contributed by atoms with E-state index in [1.807, 2.05) is 24.3 Å². The highest BCUT2D eigenvalue weighted by Gasteiger charge is 2.18. The predicted octanol–water partition coefficient (Wildman–Crippen LogP) is 2.29. The number of hydrogen-bond donors (Lipinski definition) is 2. The Morgan fingerprint density at radius 3 is 2.64 bits per heavy atom. The van der Waals surface area contributed by atoms with Gasteiger partial charge in [-0.1, -0.05) is 30.7 Å². The van der Waals surface area contributed by atoms with Crippen molar-refractivity contribution in [1.29, 1.82) is 0 Å². The van der Waals surface area contributed by atoms with Crippen LogP contribution in [-0.4, -0.2) is 54.9 Å². The van der Waals surface area contributed by atoms with Gasteiger partial charge < -0.3 is 20.1 Å². The summed E-state index contributed by atoms with van der Waals surface area (Å²) >= 11 is 5.84. The Labute approximate surface area is 138 Å². The van der Waals surface area contributed by atoms with Gasteiger partial charge in [0.15, 0.2) is 0 Å². The van der Waals surface area contributed by atoms with Crippen molar-refractivity contribution in [3.8, 4) is 0 Å². The number of hydrogen-bond acceptors (Lipinski definition) is 4. The van der Waals surface area contributed by atoms with Crippen LogP contribution in [0.3, 0.4) is 0 Å². The van der Waals surface area contributed by atoms with Crippen molar-refractivity contribution in [1.82, 2.24) is 10.2 Å². The van der Waals surface area contributed by atoms with Crippen LogP contribution in [0.2, 0.25) is 5.02 Å². The van der Waals surface area contributed by atoms with Gasteiger partial charge in [-0.05, 0) is 50.2 Å². The molecule has 1 fully saturated rings. The van der Waals surface area contributed by atoms with E-state index in [1.165, 1.54) is 0 Å². The summed E-state index contributed by atoms with van der Waals surface area (Å²) in [6.07, 6.45) is 1.86. The van der Waals surface area contributed by atoms with Crippen LogP contribution >= 0.6 is 11.6 Å². The van der Waals surface area contributed by atoms with E-state index in [1.54, 1.807) is 0 Å². The molecule has 5 heteroatoms. The number of benzene rings is 1. The molecule has 0 aliphatic carbocycles. The molecule has 1 aliphatic heterocycles. The fraction of sp³-hybridized carbons (Fsp3) is 0.647. The number of ether oxygens (including phenoxy) is 1. The fourth-order valence-electron chi connectivity index (χ4n) is 2.71. The molecule has 2 rings (SSSR count). The van der Waals surface area contributed by atoms with Crippen molar-refractivity contribution in [2.24, 2.45) is 0 Å². The van der Waals surface area contributed by atoms with Gasteiger partial charge in [0.2, 0.25) is 0 Å². The fourth-order valence-corrected chi connectivity index (χ4v) is 2.83. The van der Waals surface area contributed by atoms with Gasteiger partial charge in [-0.15, -0.1) is 0 Å². The van der Waals surface area contributed by atoms with Gasteiger partial charge in [0.05, 0.1) is 19.3 Å². The lowest BCUT2D eigenvalue weighted by atomic mass is 10.1. The van der Waals surface area contributed by atoms with E-state index < -0.39 is 6.10 Å². The minimum Gasteiger partial charge on any atom is -0.389 e. The molecule has 4 nitrogen and oxygen atoms in total. The first-order valence-electron chi connectivity index (χ1n) is 8.13. The van der Waals surface area contributed by atoms with Crippen molar-refractivity contribution >= 4 is 11.6 Å². The topological polar surface area (TPSA) is 44.7 Å². The smallest absolute Gasteiger partial charge is 0.0897 e. The average molecular weight is 327 g/mol. The number of likely N-dealkylation sites (tertiary alicyclic amines) is 1. The molecule has 0 radical (unpaired) electrons. The van der Waals surface area contributed by atoms with E-state index in [-0.39, 0.29) is 0 Å². The summed E-state index contributed by atoms with van der Waals surface area (Å²) in [5, 5.41) is 14.2. The normalized spacial score (nSPS) is 18.5. The number of aliphatic hydroxyl groups excluding tert-OH is 1. The third-order valence-corrected chi connectivity index (χ3v) is 4.42. The molecule has 124 valence electrons. The summed E-state index contributed by atoms with van der Waals surface area (Å²) in [5.74, 6) is 0. The lowest BCUT2D eigenvalue weighted by Crippen LogP contribution is -2.45. The van der Waals surface area contributed by atoms with Crippen LogP contribution in [0.25, 0.3) is 0 Å². The van der Waals surface area contributed by atoms with Gasteiger partial charge in [-0.25, -0.2) is 0 Å². The van der Waals surface area contributed by atoms with Gasteiger partial charge in [0.25, 0.3) is 0 Å². The second kappa shape index (κ2) is 9.48. The third-order valence-electron chi connectivity index (χ3n) is 4.17. The number of rotatable bonds is 8. The van der Waals surface area contributed by atoms with Gasteiger partial charge >= 0.3 is 0 Å². The zero-order valence-corrected chi connectivity index (χ0v) is 14.1. The van der Waals surface area contributed by atoms with Gasteiger partial charge in [-0.3, -0.25) is 0 Å². The summed E-state index contributed by atoms with van der Waals surface area (Å²) in [7, 11) is 0. The summed E-state index contributed by atoms with van der Waals surface area (Å²) in [6.45, 7) is 7.09. The van der Waals surface area contributed by atoms with E-state index in [0.717, 1.165) is 43.1 Å². The molecule has 2 N–H and O–H groups in total. The van der Waals surface area contributed by atoms with Crippen LogP contribution in [0.1, 0.15) is 25.3 Å². The first kappa shape index (κ1) is 17.7. The largest absolute Gasteiger partial charge is 0.389 e. The number of piperidine rings is 1. The van der Waals surface area contributed by atoms with Crippen LogP contribution in [0.5, 0.6) is 0 Å². The van der Waals surface area contributed by atoms with Crippen LogP contribution in [-0.2, 0) is 11.3 Å². The molecule has 0 saturated carbocycles. The number of nitrogens with one attached hydrogen (secondary N) is 1. The maximum absolute atomic E-state index is 9.98. The Bertz CT molecular complexity index is 419. The van der Waals surface area contributed by atoms with Crippen molar-refractivity contribution in [3.05, 3.63) is 34.9 Å². The molecule has 1 heterocycles. The molecule has 0 amide bonds. The highest BCUT2D eigenvalue weighted by molar-refractivity contribution is 6.30. The van der Waals surface area contributed by atoms with Crippen molar-refractivity contribution in [2.45, 2.75) is 38.5 Å². The molecule has 0 bridgehead atoms. The zero-order chi connectivity index (χ0) is 15.8. The Hall–Kier alpha value is -0.650. The standard InChI is InChI=1S/C17H27ClN2O2/c1-2-20-9-7-16(8-10-20)19-11-17(21)13-22-12-14-3-5-15(18)6-4-14/h3-6,16-17,19,21H,2,7-13H2,1H3. The monoisotopic (exact) mass is 326 g/mol. The quantitative estimate of drug-likeness (QED) is 0.769. The van der Waals surface area contributed by atoms with Crippen molar-refractivity contribution in [3.63, 3.8) is 0 Å². The van der Waals surface area contributed by atoms with Crippen LogP contribution in [0.4, 0.5) is 0 Å². The Kier molecular flexibility index (Phi) is 7.63. The third kappa shape index (κ3) is 6.23. The SMILES string of the molecule is CCN1CCC(NCC(O)COCc2ccc(Cl)cc2)CC1. The molecular formula is C17H27ClN2O2. The Morgan fingerprint density at radius 2 is 2.00 bits per heavy atom. The molecule has 1 saturated heterocycles. The first-order valence-corrected chi connectivity index (χ1v) is 8.51. The number of nitrogens with zero attached hydrogens (tertiary/aromatic N) is 1. The van der Waals surface area contributed by atoms with E-state index >= 15 is 0 Å². The van der Waals surface area contributed by atoms with E-state index in [4.69, 9.17) is 16.3 Å². The number of halogens is 1. The Morgan fingerprint density at radius 1 is 1.32 bits per heavy atom. The molecule has 1 atom stereocenters. The lowest BCUT2D eigenvalue weighted by Gasteiger charge is -2.32. The van der Waals surface area contributed by atoms with E-state index in [0.29, 0.717) is 25.8 Å². The molecule has 0 aromatic heterocycles. The molecule has 0 spiro atoms. The predicted molar refractivity (Wildman–Crippen MR) is 90.3 cm³/mol. The molecular weight excluding hydrogens is 300 g/mol.